The van der Waals surface area contributed by atoms with Crippen LogP contribution in [0.1, 0.15) is 6.42 Å². The molecule has 0 aromatic carbocycles. The van der Waals surface area contributed by atoms with Gasteiger partial charge in [0.2, 0.25) is 11.9 Å². The van der Waals surface area contributed by atoms with E-state index in [-0.39, 0.29) is 13.0 Å². The summed E-state index contributed by atoms with van der Waals surface area (Å²) in [5.74, 6) is 2.37. The molecule has 20 heteroatoms. The number of aliphatic hydroxyl groups is 9. The number of nitrogens with one attached hydrogen (secondary N) is 2. The van der Waals surface area contributed by atoms with E-state index in [4.69, 9.17) is 34.9 Å². The topological polar surface area (TPSA) is 303 Å². The zero-order valence-electron chi connectivity index (χ0n) is 22.5. The molecule has 1 amide bonds. The highest BCUT2D eigenvalue weighted by Gasteiger charge is 2.53. The van der Waals surface area contributed by atoms with E-state index in [1.165, 1.54) is 0 Å². The Kier molecular flexibility index (Phi) is 11.2. The summed E-state index contributed by atoms with van der Waals surface area (Å²) >= 11 is 0. The van der Waals surface area contributed by atoms with Gasteiger partial charge in [-0.05, 0) is 0 Å². The lowest BCUT2D eigenvalue weighted by Crippen LogP contribution is -2.67. The standard InChI is InChI=1S/C23H36N4O16/c1-2-3-23(26-27-23)7-24-22(37)42-19-16(36)18(10(6-30)43-25-19)41-21-15(35)13(33)17(9(5-29)39-21)40-20-14(34)12(32)11(31)8(4-28)38-20/h1,8-21,25,28-36H,3-7H2,(H,24,37)/t8?,9?,10?,11-,12?,13?,14?,15?,16?,17-,18-,19?,20-,21-/m1/s1. The average molecular weight is 625 g/mol. The number of hydroxylamine groups is 1. The zero-order chi connectivity index (χ0) is 31.5. The van der Waals surface area contributed by atoms with Crippen molar-refractivity contribution in [2.24, 2.45) is 10.2 Å². The smallest absolute Gasteiger partial charge is 0.409 e. The molecule has 0 bridgehead atoms. The van der Waals surface area contributed by atoms with Gasteiger partial charge >= 0.3 is 6.09 Å². The third-order valence-corrected chi connectivity index (χ3v) is 7.30. The maximum Gasteiger partial charge on any atom is 0.409 e. The molecule has 0 spiro atoms. The molecule has 0 radical (unpaired) electrons. The van der Waals surface area contributed by atoms with Crippen molar-refractivity contribution in [3.8, 4) is 12.3 Å². The first kappa shape index (κ1) is 33.7. The van der Waals surface area contributed by atoms with Crippen LogP contribution < -0.4 is 10.8 Å². The lowest BCUT2D eigenvalue weighted by Gasteiger charge is -2.47. The molecule has 0 aromatic rings. The monoisotopic (exact) mass is 624 g/mol. The van der Waals surface area contributed by atoms with Crippen LogP contribution in [0.4, 0.5) is 4.79 Å². The Morgan fingerprint density at radius 1 is 0.814 bits per heavy atom. The molecule has 43 heavy (non-hydrogen) atoms. The second-order valence-corrected chi connectivity index (χ2v) is 10.3. The third kappa shape index (κ3) is 7.39. The zero-order valence-corrected chi connectivity index (χ0v) is 22.5. The molecule has 11 N–H and O–H groups in total. The molecule has 4 aliphatic heterocycles. The van der Waals surface area contributed by atoms with Crippen LogP contribution in [0.2, 0.25) is 0 Å². The van der Waals surface area contributed by atoms with Crippen LogP contribution in [0.25, 0.3) is 0 Å². The Morgan fingerprint density at radius 3 is 1.93 bits per heavy atom. The van der Waals surface area contributed by atoms with Gasteiger partial charge in [-0.3, -0.25) is 4.84 Å². The number of carbonyl (C=O) groups is 1. The van der Waals surface area contributed by atoms with E-state index in [1.54, 1.807) is 0 Å². The first-order chi connectivity index (χ1) is 20.5. The van der Waals surface area contributed by atoms with Crippen molar-refractivity contribution in [3.63, 3.8) is 0 Å². The predicted octanol–water partition coefficient (Wildman–Crippen LogP) is -6.51. The van der Waals surface area contributed by atoms with Crippen molar-refractivity contribution in [2.45, 2.75) is 98.0 Å². The lowest BCUT2D eigenvalue weighted by atomic mass is 9.96. The number of amides is 1. The second-order valence-electron chi connectivity index (χ2n) is 10.3. The van der Waals surface area contributed by atoms with Crippen molar-refractivity contribution in [3.05, 3.63) is 0 Å². The SMILES string of the molecule is C#CCC1(CNC(=O)OC2NOC(CO)[C@@H](O[C@H]3OC(CO)[C@@H](O[C@H]4OC(CO)[C@@H](O)C(O)C4O)C(O)C3O)C2O)N=N1. The molecule has 4 heterocycles. The highest BCUT2D eigenvalue weighted by molar-refractivity contribution is 5.67. The third-order valence-electron chi connectivity index (χ3n) is 7.30. The minimum Gasteiger partial charge on any atom is -0.425 e. The number of aliphatic hydroxyl groups excluding tert-OH is 9. The van der Waals surface area contributed by atoms with Gasteiger partial charge in [-0.2, -0.15) is 15.7 Å². The Bertz CT molecular complexity index is 1010. The minimum atomic E-state index is -1.94. The van der Waals surface area contributed by atoms with Crippen LogP contribution >= 0.6 is 0 Å². The van der Waals surface area contributed by atoms with Crippen molar-refractivity contribution >= 4 is 6.09 Å². The van der Waals surface area contributed by atoms with Crippen molar-refractivity contribution in [2.75, 3.05) is 26.4 Å². The van der Waals surface area contributed by atoms with Crippen molar-refractivity contribution in [1.82, 2.24) is 10.8 Å². The fraction of sp³-hybridized carbons (Fsp3) is 0.870. The van der Waals surface area contributed by atoms with E-state index in [1.807, 2.05) is 0 Å². The van der Waals surface area contributed by atoms with Gasteiger partial charge in [0, 0.05) is 0 Å². The lowest BCUT2D eigenvalue weighted by molar-refractivity contribution is -0.374. The van der Waals surface area contributed by atoms with E-state index in [2.05, 4.69) is 26.9 Å². The molecule has 3 saturated heterocycles. The summed E-state index contributed by atoms with van der Waals surface area (Å²) < 4.78 is 27.0. The van der Waals surface area contributed by atoms with Crippen LogP contribution in [-0.4, -0.2) is 170 Å². The first-order valence-corrected chi connectivity index (χ1v) is 13.2. The van der Waals surface area contributed by atoms with Gasteiger partial charge in [-0.15, -0.1) is 12.3 Å². The maximum absolute atomic E-state index is 12.3. The van der Waals surface area contributed by atoms with Crippen molar-refractivity contribution in [1.29, 1.82) is 0 Å². The Morgan fingerprint density at radius 2 is 1.37 bits per heavy atom. The van der Waals surface area contributed by atoms with Crippen LogP contribution in [0, 0.1) is 12.3 Å². The average Bonchev–Trinajstić information content (AvgIpc) is 3.77. The van der Waals surface area contributed by atoms with Gasteiger partial charge in [0.1, 0.15) is 67.1 Å². The highest BCUT2D eigenvalue weighted by atomic mass is 16.8. The number of carbonyl (C=O) groups excluding carboxylic acids is 1. The summed E-state index contributed by atoms with van der Waals surface area (Å²) in [5.41, 5.74) is 1.31. The van der Waals surface area contributed by atoms with Gasteiger partial charge in [0.25, 0.3) is 0 Å². The quantitative estimate of drug-likeness (QED) is 0.0952. The number of terminal acetylenes is 1. The first-order valence-electron chi connectivity index (χ1n) is 13.2. The maximum atomic E-state index is 12.3. The van der Waals surface area contributed by atoms with Gasteiger partial charge in [0.05, 0.1) is 32.8 Å². The Labute approximate surface area is 243 Å². The van der Waals surface area contributed by atoms with E-state index < -0.39 is 118 Å². The summed E-state index contributed by atoms with van der Waals surface area (Å²) in [6.07, 6.45) is -18.9. The van der Waals surface area contributed by atoms with Crippen LogP contribution in [0.15, 0.2) is 10.2 Å². The molecular weight excluding hydrogens is 588 g/mol. The van der Waals surface area contributed by atoms with Gasteiger partial charge in [-0.25, -0.2) is 4.79 Å². The molecule has 9 unspecified atom stereocenters. The fourth-order valence-electron chi connectivity index (χ4n) is 4.72. The van der Waals surface area contributed by atoms with Crippen molar-refractivity contribution < 1.29 is 79.3 Å². The van der Waals surface area contributed by atoms with Crippen LogP contribution in [0.5, 0.6) is 0 Å². The van der Waals surface area contributed by atoms with E-state index in [0.29, 0.717) is 0 Å². The van der Waals surface area contributed by atoms with E-state index in [0.717, 1.165) is 0 Å². The summed E-state index contributed by atoms with van der Waals surface area (Å²) in [6.45, 7) is -2.41. The predicted molar refractivity (Wildman–Crippen MR) is 132 cm³/mol. The molecule has 3 fully saturated rings. The number of nitrogens with zero attached hydrogens (tertiary/aromatic N) is 2. The number of rotatable bonds is 11. The molecule has 0 aliphatic carbocycles. The summed E-state index contributed by atoms with van der Waals surface area (Å²) in [6, 6.07) is 0. The van der Waals surface area contributed by atoms with Gasteiger partial charge in [-0.1, -0.05) is 0 Å². The molecule has 20 nitrogen and oxygen atoms in total. The molecule has 4 aliphatic rings. The summed E-state index contributed by atoms with van der Waals surface area (Å²) in [7, 11) is 0. The largest absolute Gasteiger partial charge is 0.425 e. The number of alkyl carbamates (subject to hydrolysis) is 1. The summed E-state index contributed by atoms with van der Waals surface area (Å²) in [5, 5.41) is 102. The van der Waals surface area contributed by atoms with Gasteiger partial charge < -0.3 is 75.0 Å². The van der Waals surface area contributed by atoms with E-state index >= 15 is 0 Å². The van der Waals surface area contributed by atoms with Crippen LogP contribution in [-0.2, 0) is 28.5 Å². The normalized spacial score (nSPS) is 43.9. The summed E-state index contributed by atoms with van der Waals surface area (Å²) in [4.78, 5) is 17.5. The molecular formula is C23H36N4O16. The molecule has 14 atom stereocenters. The number of hydrogen-bond donors (Lipinski definition) is 11. The number of ether oxygens (including phenoxy) is 5. The van der Waals surface area contributed by atoms with Gasteiger partial charge in [0.15, 0.2) is 12.6 Å². The van der Waals surface area contributed by atoms with Crippen LogP contribution in [0.3, 0.4) is 0 Å². The Balaban J connectivity index is 1.38. The van der Waals surface area contributed by atoms with E-state index in [9.17, 15) is 50.8 Å². The molecule has 244 valence electrons. The minimum absolute atomic E-state index is 0.0756. The molecule has 0 saturated carbocycles. The fourth-order valence-corrected chi connectivity index (χ4v) is 4.72. The molecule has 0 aromatic heterocycles. The number of hydrogen-bond acceptors (Lipinski definition) is 19. The Hall–Kier alpha value is -2.17. The highest BCUT2D eigenvalue weighted by Crippen LogP contribution is 2.32. The molecule has 4 rings (SSSR count). The second kappa shape index (κ2) is 14.3.